The Kier molecular flexibility index (Phi) is 8.76. The van der Waals surface area contributed by atoms with E-state index in [2.05, 4.69) is 31.4 Å². The van der Waals surface area contributed by atoms with Gasteiger partial charge in [0.05, 0.1) is 17.7 Å². The predicted octanol–water partition coefficient (Wildman–Crippen LogP) is 7.05. The van der Waals surface area contributed by atoms with Crippen molar-refractivity contribution >= 4 is 62.8 Å². The molecule has 3 aromatic carbocycles. The number of hydrogen-bond acceptors (Lipinski definition) is 6. The minimum absolute atomic E-state index is 0.195. The highest BCUT2D eigenvalue weighted by Crippen LogP contribution is 2.28. The Balaban J connectivity index is 1.20. The highest BCUT2D eigenvalue weighted by Gasteiger charge is 2.08. The number of amides is 1. The summed E-state index contributed by atoms with van der Waals surface area (Å²) in [5, 5.41) is 6.69. The van der Waals surface area contributed by atoms with Crippen LogP contribution in [0.3, 0.4) is 0 Å². The summed E-state index contributed by atoms with van der Waals surface area (Å²) in [7, 11) is 0. The van der Waals surface area contributed by atoms with Crippen LogP contribution in [0.2, 0.25) is 5.02 Å². The average Bonchev–Trinajstić information content (AvgIpc) is 3.33. The fourth-order valence-electron chi connectivity index (χ4n) is 2.81. The second-order valence-electron chi connectivity index (χ2n) is 7.07. The number of carbonyl (C=O) groups is 1. The van der Waals surface area contributed by atoms with E-state index in [0.717, 1.165) is 36.9 Å². The third kappa shape index (κ3) is 7.43. The van der Waals surface area contributed by atoms with Gasteiger partial charge in [0, 0.05) is 20.4 Å². The summed E-state index contributed by atoms with van der Waals surface area (Å²) in [6.07, 6.45) is 1.60. The SMILES string of the molecule is O=C(CSc1nc(-c2ccc(Cl)cc2)cs1)N/N=C/c1ccc(OCc2ccc(Br)cc2)cc1. The zero-order chi connectivity index (χ0) is 23.8. The molecule has 0 spiro atoms. The van der Waals surface area contributed by atoms with E-state index in [1.54, 1.807) is 6.21 Å². The average molecular weight is 573 g/mol. The van der Waals surface area contributed by atoms with Crippen LogP contribution in [0.4, 0.5) is 0 Å². The molecule has 0 aliphatic rings. The van der Waals surface area contributed by atoms with E-state index in [1.807, 2.05) is 78.2 Å². The van der Waals surface area contributed by atoms with Gasteiger partial charge in [-0.05, 0) is 59.7 Å². The summed E-state index contributed by atoms with van der Waals surface area (Å²) in [5.74, 6) is 0.800. The first-order chi connectivity index (χ1) is 16.5. The van der Waals surface area contributed by atoms with Crippen LogP contribution in [0.1, 0.15) is 11.1 Å². The van der Waals surface area contributed by atoms with Gasteiger partial charge in [0.15, 0.2) is 4.34 Å². The number of hydrogen-bond donors (Lipinski definition) is 1. The zero-order valence-corrected chi connectivity index (χ0v) is 21.8. The van der Waals surface area contributed by atoms with Gasteiger partial charge in [-0.3, -0.25) is 4.79 Å². The maximum atomic E-state index is 12.1. The van der Waals surface area contributed by atoms with Gasteiger partial charge < -0.3 is 4.74 Å². The summed E-state index contributed by atoms with van der Waals surface area (Å²) in [6.45, 7) is 0.495. The quantitative estimate of drug-likeness (QED) is 0.133. The molecule has 0 saturated carbocycles. The Hall–Kier alpha value is -2.65. The van der Waals surface area contributed by atoms with Crippen molar-refractivity contribution in [3.63, 3.8) is 0 Å². The van der Waals surface area contributed by atoms with Gasteiger partial charge >= 0.3 is 0 Å². The van der Waals surface area contributed by atoms with Crippen molar-refractivity contribution in [2.24, 2.45) is 5.10 Å². The van der Waals surface area contributed by atoms with Gasteiger partial charge in [-0.25, -0.2) is 10.4 Å². The number of aromatic nitrogens is 1. The number of benzene rings is 3. The van der Waals surface area contributed by atoms with Crippen molar-refractivity contribution in [1.29, 1.82) is 0 Å². The molecule has 0 fully saturated rings. The second kappa shape index (κ2) is 12.2. The Morgan fingerprint density at radius 1 is 1.09 bits per heavy atom. The lowest BCUT2D eigenvalue weighted by atomic mass is 10.2. The largest absolute Gasteiger partial charge is 0.489 e. The van der Waals surface area contributed by atoms with Gasteiger partial charge in [-0.2, -0.15) is 5.10 Å². The lowest BCUT2D eigenvalue weighted by molar-refractivity contribution is -0.118. The molecular weight excluding hydrogens is 554 g/mol. The highest BCUT2D eigenvalue weighted by molar-refractivity contribution is 9.10. The van der Waals surface area contributed by atoms with Crippen LogP contribution in [0.25, 0.3) is 11.3 Å². The van der Waals surface area contributed by atoms with Crippen molar-refractivity contribution in [1.82, 2.24) is 10.4 Å². The molecule has 0 saturated heterocycles. The van der Waals surface area contributed by atoms with Crippen LogP contribution in [-0.4, -0.2) is 22.9 Å². The maximum Gasteiger partial charge on any atom is 0.250 e. The molecule has 0 aliphatic carbocycles. The molecule has 0 atom stereocenters. The topological polar surface area (TPSA) is 63.6 Å². The van der Waals surface area contributed by atoms with Crippen LogP contribution in [0, 0.1) is 0 Å². The van der Waals surface area contributed by atoms with E-state index < -0.39 is 0 Å². The Labute approximate surface area is 219 Å². The van der Waals surface area contributed by atoms with E-state index in [1.165, 1.54) is 23.1 Å². The number of hydrazone groups is 1. The molecule has 1 aromatic heterocycles. The van der Waals surface area contributed by atoms with E-state index in [9.17, 15) is 4.79 Å². The van der Waals surface area contributed by atoms with Crippen LogP contribution < -0.4 is 10.2 Å². The lowest BCUT2D eigenvalue weighted by Crippen LogP contribution is -2.19. The van der Waals surface area contributed by atoms with Gasteiger partial charge in [-0.15, -0.1) is 11.3 Å². The third-order valence-corrected chi connectivity index (χ3v) is 7.35. The molecule has 0 radical (unpaired) electrons. The summed E-state index contributed by atoms with van der Waals surface area (Å²) >= 11 is 12.2. The number of nitrogens with one attached hydrogen (secondary N) is 1. The standard InChI is InChI=1S/C25H19BrClN3O2S2/c26-20-7-1-18(2-8-20)14-32-22-11-3-17(4-12-22)13-28-30-24(31)16-34-25-29-23(15-33-25)19-5-9-21(27)10-6-19/h1-13,15H,14,16H2,(H,30,31)/b28-13+. The molecule has 0 unspecified atom stereocenters. The first kappa shape index (κ1) is 24.5. The van der Waals surface area contributed by atoms with Crippen molar-refractivity contribution in [3.05, 3.63) is 98.8 Å². The monoisotopic (exact) mass is 571 g/mol. The first-order valence-corrected chi connectivity index (χ1v) is 13.2. The number of ether oxygens (including phenoxy) is 1. The molecule has 9 heteroatoms. The normalized spacial score (nSPS) is 11.0. The molecule has 172 valence electrons. The molecule has 5 nitrogen and oxygen atoms in total. The third-order valence-electron chi connectivity index (χ3n) is 4.55. The maximum absolute atomic E-state index is 12.1. The van der Waals surface area contributed by atoms with Crippen LogP contribution in [0.5, 0.6) is 5.75 Å². The number of carbonyl (C=O) groups excluding carboxylic acids is 1. The van der Waals surface area contributed by atoms with Gasteiger partial charge in [0.2, 0.25) is 0 Å². The molecule has 0 bridgehead atoms. The molecule has 4 aromatic rings. The first-order valence-electron chi connectivity index (χ1n) is 10.2. The summed E-state index contributed by atoms with van der Waals surface area (Å²) in [6, 6.07) is 23.0. The smallest absolute Gasteiger partial charge is 0.250 e. The zero-order valence-electron chi connectivity index (χ0n) is 17.8. The van der Waals surface area contributed by atoms with Crippen LogP contribution >= 0.6 is 50.6 Å². The number of thiazole rings is 1. The van der Waals surface area contributed by atoms with Crippen molar-refractivity contribution in [3.8, 4) is 17.0 Å². The molecule has 4 rings (SSSR count). The van der Waals surface area contributed by atoms with E-state index in [0.29, 0.717) is 11.6 Å². The lowest BCUT2D eigenvalue weighted by Gasteiger charge is -2.06. The molecular formula is C25H19BrClN3O2S2. The fourth-order valence-corrected chi connectivity index (χ4v) is 4.83. The number of rotatable bonds is 9. The summed E-state index contributed by atoms with van der Waals surface area (Å²) in [4.78, 5) is 16.7. The van der Waals surface area contributed by atoms with Gasteiger partial charge in [-0.1, -0.05) is 63.6 Å². The molecule has 34 heavy (non-hydrogen) atoms. The minimum Gasteiger partial charge on any atom is -0.489 e. The van der Waals surface area contributed by atoms with Crippen molar-refractivity contribution in [2.75, 3.05) is 5.75 Å². The summed E-state index contributed by atoms with van der Waals surface area (Å²) in [5.41, 5.74) is 6.36. The molecule has 1 heterocycles. The van der Waals surface area contributed by atoms with E-state index >= 15 is 0 Å². The van der Waals surface area contributed by atoms with E-state index in [-0.39, 0.29) is 11.7 Å². The molecule has 1 amide bonds. The minimum atomic E-state index is -0.195. The Morgan fingerprint density at radius 3 is 2.56 bits per heavy atom. The van der Waals surface area contributed by atoms with Gasteiger partial charge in [0.1, 0.15) is 12.4 Å². The fraction of sp³-hybridized carbons (Fsp3) is 0.0800. The number of halogens is 2. The second-order valence-corrected chi connectivity index (χ2v) is 10.5. The predicted molar refractivity (Wildman–Crippen MR) is 144 cm³/mol. The Morgan fingerprint density at radius 2 is 1.82 bits per heavy atom. The van der Waals surface area contributed by atoms with E-state index in [4.69, 9.17) is 16.3 Å². The van der Waals surface area contributed by atoms with Crippen molar-refractivity contribution in [2.45, 2.75) is 10.9 Å². The molecule has 0 aliphatic heterocycles. The van der Waals surface area contributed by atoms with Crippen molar-refractivity contribution < 1.29 is 9.53 Å². The van der Waals surface area contributed by atoms with Crippen LogP contribution in [0.15, 0.2) is 92.1 Å². The molecule has 1 N–H and O–H groups in total. The van der Waals surface area contributed by atoms with Gasteiger partial charge in [0.25, 0.3) is 5.91 Å². The summed E-state index contributed by atoms with van der Waals surface area (Å²) < 4.78 is 7.66. The highest BCUT2D eigenvalue weighted by atomic mass is 79.9. The number of nitrogens with zero attached hydrogens (tertiary/aromatic N) is 2. The van der Waals surface area contributed by atoms with Crippen LogP contribution in [-0.2, 0) is 11.4 Å². The Bertz CT molecular complexity index is 1260. The number of thioether (sulfide) groups is 1.